The highest BCUT2D eigenvalue weighted by molar-refractivity contribution is 7.89. The Hall–Kier alpha value is -1.65. The molecule has 2 heterocycles. The quantitative estimate of drug-likeness (QED) is 0.677. The third kappa shape index (κ3) is 5.78. The van der Waals surface area contributed by atoms with Gasteiger partial charge in [-0.15, -0.1) is 0 Å². The van der Waals surface area contributed by atoms with Crippen molar-refractivity contribution >= 4 is 15.9 Å². The summed E-state index contributed by atoms with van der Waals surface area (Å²) in [5.74, 6) is 0.385. The lowest BCUT2D eigenvalue weighted by Gasteiger charge is -2.38. The number of carbonyl (C=O) groups excluding carboxylic acids is 1. The van der Waals surface area contributed by atoms with Crippen LogP contribution in [0.3, 0.4) is 0 Å². The van der Waals surface area contributed by atoms with Gasteiger partial charge in [0.2, 0.25) is 15.9 Å². The van der Waals surface area contributed by atoms with Gasteiger partial charge in [-0.3, -0.25) is 9.69 Å². The van der Waals surface area contributed by atoms with Gasteiger partial charge in [0.1, 0.15) is 0 Å². The minimum atomic E-state index is -4.61. The third-order valence-electron chi connectivity index (χ3n) is 5.91. The summed E-state index contributed by atoms with van der Waals surface area (Å²) >= 11 is 0. The van der Waals surface area contributed by atoms with Gasteiger partial charge in [-0.05, 0) is 37.0 Å². The Morgan fingerprint density at radius 1 is 1.06 bits per heavy atom. The van der Waals surface area contributed by atoms with Crippen LogP contribution in [0.4, 0.5) is 13.2 Å². The lowest BCUT2D eigenvalue weighted by molar-refractivity contribution is -0.139. The molecule has 0 spiro atoms. The zero-order chi connectivity index (χ0) is 22.8. The van der Waals surface area contributed by atoms with Crippen molar-refractivity contribution in [3.05, 3.63) is 29.8 Å². The number of amides is 1. The monoisotopic (exact) mass is 461 g/mol. The highest BCUT2D eigenvalue weighted by Gasteiger charge is 2.36. The molecule has 174 valence electrons. The molecule has 2 aliphatic rings. The van der Waals surface area contributed by atoms with E-state index in [2.05, 4.69) is 18.7 Å². The van der Waals surface area contributed by atoms with Crippen LogP contribution < -0.4 is 0 Å². The number of hydrogen-bond donors (Lipinski definition) is 0. The SMILES string of the molecule is CC(C)CN1CCN(C(=O)C2CCN(S(=O)(=O)c3cccc(C(F)(F)F)c3)CC2)CC1. The van der Waals surface area contributed by atoms with E-state index in [4.69, 9.17) is 0 Å². The number of sulfonamides is 1. The van der Waals surface area contributed by atoms with Gasteiger partial charge >= 0.3 is 6.18 Å². The van der Waals surface area contributed by atoms with Crippen LogP contribution in [0.15, 0.2) is 29.2 Å². The molecule has 10 heteroatoms. The summed E-state index contributed by atoms with van der Waals surface area (Å²) in [6.07, 6.45) is -3.85. The largest absolute Gasteiger partial charge is 0.416 e. The van der Waals surface area contributed by atoms with E-state index in [1.165, 1.54) is 10.4 Å². The molecule has 1 amide bonds. The summed E-state index contributed by atoms with van der Waals surface area (Å²) in [6, 6.07) is 3.80. The van der Waals surface area contributed by atoms with Gasteiger partial charge < -0.3 is 4.90 Å². The molecule has 6 nitrogen and oxygen atoms in total. The maximum Gasteiger partial charge on any atom is 0.416 e. The number of hydrogen-bond acceptors (Lipinski definition) is 4. The number of piperazine rings is 1. The predicted octanol–water partition coefficient (Wildman–Crippen LogP) is 2.91. The van der Waals surface area contributed by atoms with Gasteiger partial charge in [0.15, 0.2) is 0 Å². The molecule has 0 atom stereocenters. The highest BCUT2D eigenvalue weighted by atomic mass is 32.2. The van der Waals surface area contributed by atoms with Crippen molar-refractivity contribution in [2.45, 2.75) is 37.8 Å². The lowest BCUT2D eigenvalue weighted by Crippen LogP contribution is -2.52. The molecule has 0 saturated carbocycles. The van der Waals surface area contributed by atoms with Crippen LogP contribution in [0.1, 0.15) is 32.3 Å². The van der Waals surface area contributed by atoms with E-state index < -0.39 is 21.8 Å². The molecule has 1 aromatic carbocycles. The lowest BCUT2D eigenvalue weighted by atomic mass is 9.96. The van der Waals surface area contributed by atoms with Crippen molar-refractivity contribution in [3.8, 4) is 0 Å². The summed E-state index contributed by atoms with van der Waals surface area (Å²) in [6.45, 7) is 8.62. The van der Waals surface area contributed by atoms with Gasteiger partial charge in [-0.1, -0.05) is 19.9 Å². The van der Waals surface area contributed by atoms with Crippen LogP contribution in [0.5, 0.6) is 0 Å². The minimum Gasteiger partial charge on any atom is -0.340 e. The smallest absolute Gasteiger partial charge is 0.340 e. The summed E-state index contributed by atoms with van der Waals surface area (Å²) in [5.41, 5.74) is -0.991. The number of carbonyl (C=O) groups is 1. The Kier molecular flexibility index (Phi) is 7.32. The van der Waals surface area contributed by atoms with Crippen LogP contribution in [0.2, 0.25) is 0 Å². The van der Waals surface area contributed by atoms with Crippen LogP contribution in [-0.4, -0.2) is 74.2 Å². The van der Waals surface area contributed by atoms with E-state index in [0.717, 1.165) is 31.8 Å². The van der Waals surface area contributed by atoms with E-state index in [1.54, 1.807) is 0 Å². The second-order valence-electron chi connectivity index (χ2n) is 8.72. The fourth-order valence-electron chi connectivity index (χ4n) is 4.25. The van der Waals surface area contributed by atoms with Gasteiger partial charge in [-0.25, -0.2) is 8.42 Å². The first-order valence-corrected chi connectivity index (χ1v) is 12.1. The van der Waals surface area contributed by atoms with Crippen LogP contribution in [0.25, 0.3) is 0 Å². The molecule has 2 aliphatic heterocycles. The molecule has 0 N–H and O–H groups in total. The first-order valence-electron chi connectivity index (χ1n) is 10.7. The van der Waals surface area contributed by atoms with Crippen molar-refractivity contribution in [2.75, 3.05) is 45.8 Å². The third-order valence-corrected chi connectivity index (χ3v) is 7.80. The standard InChI is InChI=1S/C21H30F3N3O3S/c1-16(2)15-25-10-12-26(13-11-25)20(28)17-6-8-27(9-7-17)31(29,30)19-5-3-4-18(14-19)21(22,23)24/h3-5,14,16-17H,6-13,15H2,1-2H3. The molecule has 1 aromatic rings. The van der Waals surface area contributed by atoms with E-state index in [9.17, 15) is 26.4 Å². The number of nitrogens with zero attached hydrogens (tertiary/aromatic N) is 3. The molecule has 3 rings (SSSR count). The van der Waals surface area contributed by atoms with Gasteiger partial charge in [0.05, 0.1) is 10.5 Å². The Labute approximate surface area is 182 Å². The minimum absolute atomic E-state index is 0.0558. The van der Waals surface area contributed by atoms with Crippen molar-refractivity contribution in [2.24, 2.45) is 11.8 Å². The van der Waals surface area contributed by atoms with E-state index in [1.807, 2.05) is 4.90 Å². The second kappa shape index (κ2) is 9.46. The maximum atomic E-state index is 12.9. The number of piperidine rings is 1. The van der Waals surface area contributed by atoms with Gasteiger partial charge in [0.25, 0.3) is 0 Å². The summed E-state index contributed by atoms with van der Waals surface area (Å²) < 4.78 is 65.7. The van der Waals surface area contributed by atoms with Crippen LogP contribution >= 0.6 is 0 Å². The molecule has 0 aromatic heterocycles. The van der Waals surface area contributed by atoms with Crippen molar-refractivity contribution in [1.29, 1.82) is 0 Å². The average Bonchev–Trinajstić information content (AvgIpc) is 2.73. The first-order chi connectivity index (χ1) is 14.5. The maximum absolute atomic E-state index is 12.9. The first kappa shape index (κ1) is 24.0. The summed E-state index contributed by atoms with van der Waals surface area (Å²) in [4.78, 5) is 16.7. The second-order valence-corrected chi connectivity index (χ2v) is 10.7. The Morgan fingerprint density at radius 3 is 2.23 bits per heavy atom. The predicted molar refractivity (Wildman–Crippen MR) is 111 cm³/mol. The zero-order valence-corrected chi connectivity index (χ0v) is 18.8. The molecular weight excluding hydrogens is 431 g/mol. The zero-order valence-electron chi connectivity index (χ0n) is 17.9. The van der Waals surface area contributed by atoms with Crippen LogP contribution in [0, 0.1) is 11.8 Å². The van der Waals surface area contributed by atoms with Gasteiger partial charge in [0, 0.05) is 51.7 Å². The number of rotatable bonds is 5. The Morgan fingerprint density at radius 2 is 1.68 bits per heavy atom. The molecule has 31 heavy (non-hydrogen) atoms. The number of benzene rings is 1. The molecular formula is C21H30F3N3O3S. The fraction of sp³-hybridized carbons (Fsp3) is 0.667. The number of alkyl halides is 3. The van der Waals surface area contributed by atoms with Gasteiger partial charge in [-0.2, -0.15) is 17.5 Å². The average molecular weight is 462 g/mol. The molecule has 0 aliphatic carbocycles. The summed E-state index contributed by atoms with van der Waals surface area (Å²) in [5, 5.41) is 0. The molecule has 0 bridgehead atoms. The fourth-order valence-corrected chi connectivity index (χ4v) is 5.77. The molecule has 2 saturated heterocycles. The van der Waals surface area contributed by atoms with Crippen molar-refractivity contribution in [1.82, 2.24) is 14.1 Å². The van der Waals surface area contributed by atoms with Crippen LogP contribution in [-0.2, 0) is 21.0 Å². The Balaban J connectivity index is 1.57. The van der Waals surface area contributed by atoms with E-state index in [-0.39, 0.29) is 29.8 Å². The number of halogens is 3. The summed E-state index contributed by atoms with van der Waals surface area (Å²) in [7, 11) is -4.04. The molecule has 0 unspecified atom stereocenters. The molecule has 0 radical (unpaired) electrons. The topological polar surface area (TPSA) is 60.9 Å². The van der Waals surface area contributed by atoms with E-state index >= 15 is 0 Å². The Bertz CT molecular complexity index is 873. The van der Waals surface area contributed by atoms with Crippen molar-refractivity contribution < 1.29 is 26.4 Å². The molecule has 2 fully saturated rings. The van der Waals surface area contributed by atoms with E-state index in [0.29, 0.717) is 37.9 Å². The highest BCUT2D eigenvalue weighted by Crippen LogP contribution is 2.32. The normalized spacial score (nSPS) is 20.4. The van der Waals surface area contributed by atoms with Crippen molar-refractivity contribution in [3.63, 3.8) is 0 Å².